The normalized spacial score (nSPS) is 10.3. The number of aromatic nitrogens is 1. The first-order chi connectivity index (χ1) is 10.0. The van der Waals surface area contributed by atoms with Crippen LogP contribution in [0.2, 0.25) is 5.02 Å². The molecule has 1 heterocycles. The Morgan fingerprint density at radius 1 is 1.29 bits per heavy atom. The van der Waals surface area contributed by atoms with Crippen LogP contribution in [0.5, 0.6) is 5.75 Å². The molecule has 0 aliphatic heterocycles. The van der Waals surface area contributed by atoms with Crippen molar-refractivity contribution in [2.24, 2.45) is 0 Å². The monoisotopic (exact) mass is 304 g/mol. The molecule has 0 atom stereocenters. The Bertz CT molecular complexity index is 654. The van der Waals surface area contributed by atoms with Crippen LogP contribution >= 0.6 is 11.6 Å². The number of aryl methyl sites for hydroxylation is 1. The maximum absolute atomic E-state index is 12.1. The van der Waals surface area contributed by atoms with E-state index in [0.717, 1.165) is 22.6 Å². The van der Waals surface area contributed by atoms with Crippen molar-refractivity contribution in [1.82, 2.24) is 4.98 Å². The van der Waals surface area contributed by atoms with Gasteiger partial charge in [-0.3, -0.25) is 9.78 Å². The SMILES string of the molecule is COc1ccc(CC(=O)Nc2cnc(C)c(Cl)c2C)cc1. The van der Waals surface area contributed by atoms with Crippen molar-refractivity contribution in [3.8, 4) is 5.75 Å². The molecular formula is C16H17ClN2O2. The minimum Gasteiger partial charge on any atom is -0.497 e. The smallest absolute Gasteiger partial charge is 0.228 e. The number of nitrogens with zero attached hydrogens (tertiary/aromatic N) is 1. The lowest BCUT2D eigenvalue weighted by molar-refractivity contribution is -0.115. The van der Waals surface area contributed by atoms with E-state index >= 15 is 0 Å². The Hall–Kier alpha value is -2.07. The molecule has 0 bridgehead atoms. The molecule has 2 rings (SSSR count). The number of methoxy groups -OCH3 is 1. The van der Waals surface area contributed by atoms with E-state index in [1.165, 1.54) is 0 Å². The molecule has 0 aliphatic carbocycles. The van der Waals surface area contributed by atoms with E-state index in [1.807, 2.05) is 38.1 Å². The molecule has 5 heteroatoms. The van der Waals surface area contributed by atoms with Gasteiger partial charge in [0.2, 0.25) is 5.91 Å². The van der Waals surface area contributed by atoms with Gasteiger partial charge in [0, 0.05) is 0 Å². The lowest BCUT2D eigenvalue weighted by atomic mass is 10.1. The fourth-order valence-corrected chi connectivity index (χ4v) is 2.10. The molecule has 110 valence electrons. The Labute approximate surface area is 129 Å². The second kappa shape index (κ2) is 6.59. The van der Waals surface area contributed by atoms with Gasteiger partial charge in [-0.15, -0.1) is 0 Å². The molecule has 0 aliphatic rings. The number of hydrogen-bond acceptors (Lipinski definition) is 3. The Morgan fingerprint density at radius 3 is 2.57 bits per heavy atom. The standard InChI is InChI=1S/C16H17ClN2O2/c1-10-14(9-18-11(2)16(10)17)19-15(20)8-12-4-6-13(21-3)7-5-12/h4-7,9H,8H2,1-3H3,(H,19,20). The van der Waals surface area contributed by atoms with Crippen LogP contribution in [0.1, 0.15) is 16.8 Å². The van der Waals surface area contributed by atoms with Crippen molar-refractivity contribution in [2.75, 3.05) is 12.4 Å². The molecule has 1 aromatic heterocycles. The van der Waals surface area contributed by atoms with Crippen LogP contribution in [0.25, 0.3) is 0 Å². The van der Waals surface area contributed by atoms with Crippen LogP contribution in [-0.2, 0) is 11.2 Å². The van der Waals surface area contributed by atoms with Gasteiger partial charge in [-0.05, 0) is 37.1 Å². The number of pyridine rings is 1. The van der Waals surface area contributed by atoms with E-state index in [0.29, 0.717) is 10.7 Å². The van der Waals surface area contributed by atoms with Gasteiger partial charge in [0.15, 0.2) is 0 Å². The molecule has 0 saturated heterocycles. The highest BCUT2D eigenvalue weighted by Gasteiger charge is 2.10. The summed E-state index contributed by atoms with van der Waals surface area (Å²) in [5, 5.41) is 3.42. The van der Waals surface area contributed by atoms with Crippen molar-refractivity contribution in [1.29, 1.82) is 0 Å². The van der Waals surface area contributed by atoms with Gasteiger partial charge in [-0.1, -0.05) is 23.7 Å². The lowest BCUT2D eigenvalue weighted by Crippen LogP contribution is -2.15. The van der Waals surface area contributed by atoms with E-state index in [9.17, 15) is 4.79 Å². The Balaban J connectivity index is 2.06. The van der Waals surface area contributed by atoms with Crippen LogP contribution in [0, 0.1) is 13.8 Å². The molecule has 4 nitrogen and oxygen atoms in total. The molecule has 0 spiro atoms. The maximum atomic E-state index is 12.1. The molecule has 1 N–H and O–H groups in total. The minimum atomic E-state index is -0.106. The number of benzene rings is 1. The number of ether oxygens (including phenoxy) is 1. The molecule has 0 fully saturated rings. The first-order valence-electron chi connectivity index (χ1n) is 6.55. The quantitative estimate of drug-likeness (QED) is 0.940. The van der Waals surface area contributed by atoms with Crippen LogP contribution < -0.4 is 10.1 Å². The molecule has 0 radical (unpaired) electrons. The van der Waals surface area contributed by atoms with Crippen molar-refractivity contribution in [2.45, 2.75) is 20.3 Å². The predicted molar refractivity (Wildman–Crippen MR) is 84.0 cm³/mol. The molecular weight excluding hydrogens is 288 g/mol. The van der Waals surface area contributed by atoms with E-state index in [-0.39, 0.29) is 12.3 Å². The highest BCUT2D eigenvalue weighted by atomic mass is 35.5. The summed E-state index contributed by atoms with van der Waals surface area (Å²) in [6.07, 6.45) is 1.91. The molecule has 1 aromatic carbocycles. The summed E-state index contributed by atoms with van der Waals surface area (Å²) in [7, 11) is 1.61. The zero-order valence-electron chi connectivity index (χ0n) is 12.2. The Morgan fingerprint density at radius 2 is 1.95 bits per heavy atom. The second-order valence-electron chi connectivity index (χ2n) is 4.77. The summed E-state index contributed by atoms with van der Waals surface area (Å²) in [5.41, 5.74) is 3.14. The number of amides is 1. The summed E-state index contributed by atoms with van der Waals surface area (Å²) in [6.45, 7) is 3.69. The predicted octanol–water partition coefficient (Wildman–Crippen LogP) is 3.54. The third-order valence-corrected chi connectivity index (χ3v) is 3.79. The number of hydrogen-bond donors (Lipinski definition) is 1. The molecule has 0 unspecified atom stereocenters. The van der Waals surface area contributed by atoms with Crippen molar-refractivity contribution >= 4 is 23.2 Å². The zero-order valence-corrected chi connectivity index (χ0v) is 13.0. The van der Waals surface area contributed by atoms with Gasteiger partial charge < -0.3 is 10.1 Å². The minimum absolute atomic E-state index is 0.106. The largest absolute Gasteiger partial charge is 0.497 e. The zero-order chi connectivity index (χ0) is 15.4. The number of halogens is 1. The van der Waals surface area contributed by atoms with Gasteiger partial charge in [-0.2, -0.15) is 0 Å². The Kier molecular flexibility index (Phi) is 4.81. The number of nitrogens with one attached hydrogen (secondary N) is 1. The molecule has 1 amide bonds. The lowest BCUT2D eigenvalue weighted by Gasteiger charge is -2.10. The third-order valence-electron chi connectivity index (χ3n) is 3.24. The highest BCUT2D eigenvalue weighted by Crippen LogP contribution is 2.25. The first-order valence-corrected chi connectivity index (χ1v) is 6.93. The first kappa shape index (κ1) is 15.3. The summed E-state index contributed by atoms with van der Waals surface area (Å²) < 4.78 is 5.09. The summed E-state index contributed by atoms with van der Waals surface area (Å²) in [4.78, 5) is 16.2. The topological polar surface area (TPSA) is 51.2 Å². The van der Waals surface area contributed by atoms with Crippen LogP contribution in [-0.4, -0.2) is 18.0 Å². The second-order valence-corrected chi connectivity index (χ2v) is 5.15. The fourth-order valence-electron chi connectivity index (χ4n) is 1.95. The van der Waals surface area contributed by atoms with E-state index in [2.05, 4.69) is 10.3 Å². The third kappa shape index (κ3) is 3.73. The summed E-state index contributed by atoms with van der Waals surface area (Å²) >= 11 is 6.13. The number of rotatable bonds is 4. The van der Waals surface area contributed by atoms with Gasteiger partial charge in [0.1, 0.15) is 5.75 Å². The van der Waals surface area contributed by atoms with Gasteiger partial charge >= 0.3 is 0 Å². The van der Waals surface area contributed by atoms with Gasteiger partial charge in [0.25, 0.3) is 0 Å². The average molecular weight is 305 g/mol. The molecule has 0 saturated carbocycles. The van der Waals surface area contributed by atoms with Crippen LogP contribution in [0.15, 0.2) is 30.5 Å². The number of anilines is 1. The summed E-state index contributed by atoms with van der Waals surface area (Å²) in [6, 6.07) is 7.40. The number of carbonyl (C=O) groups is 1. The van der Waals surface area contributed by atoms with Crippen LogP contribution in [0.4, 0.5) is 5.69 Å². The summed E-state index contributed by atoms with van der Waals surface area (Å²) in [5.74, 6) is 0.662. The number of carbonyl (C=O) groups excluding carboxylic acids is 1. The van der Waals surface area contributed by atoms with Crippen molar-refractivity contribution < 1.29 is 9.53 Å². The molecule has 21 heavy (non-hydrogen) atoms. The average Bonchev–Trinajstić information content (AvgIpc) is 2.49. The highest BCUT2D eigenvalue weighted by molar-refractivity contribution is 6.32. The molecule has 2 aromatic rings. The van der Waals surface area contributed by atoms with E-state index in [4.69, 9.17) is 16.3 Å². The van der Waals surface area contributed by atoms with E-state index < -0.39 is 0 Å². The van der Waals surface area contributed by atoms with E-state index in [1.54, 1.807) is 13.3 Å². The maximum Gasteiger partial charge on any atom is 0.228 e. The van der Waals surface area contributed by atoms with Crippen molar-refractivity contribution in [3.05, 3.63) is 52.3 Å². The van der Waals surface area contributed by atoms with Crippen molar-refractivity contribution in [3.63, 3.8) is 0 Å². The van der Waals surface area contributed by atoms with Gasteiger partial charge in [0.05, 0.1) is 36.1 Å². The fraction of sp³-hybridized carbons (Fsp3) is 0.250. The van der Waals surface area contributed by atoms with Crippen LogP contribution in [0.3, 0.4) is 0 Å². The van der Waals surface area contributed by atoms with Gasteiger partial charge in [-0.25, -0.2) is 0 Å².